The summed E-state index contributed by atoms with van der Waals surface area (Å²) in [6, 6.07) is 15.4. The molecule has 1 heterocycles. The highest BCUT2D eigenvalue weighted by Gasteiger charge is 2.41. The Bertz CT molecular complexity index is 1340. The second-order valence-corrected chi connectivity index (χ2v) is 7.14. The smallest absolute Gasteiger partial charge is 0.282 e. The van der Waals surface area contributed by atoms with Crippen LogP contribution in [0.3, 0.4) is 0 Å². The van der Waals surface area contributed by atoms with Crippen LogP contribution < -0.4 is 19.7 Å². The molecule has 9 nitrogen and oxygen atoms in total. The van der Waals surface area contributed by atoms with E-state index >= 15 is 0 Å². The van der Waals surface area contributed by atoms with Gasteiger partial charge in [0, 0.05) is 18.2 Å². The first kappa shape index (κ1) is 22.5. The largest absolute Gasteiger partial charge is 0.497 e. The van der Waals surface area contributed by atoms with Gasteiger partial charge in [0.2, 0.25) is 0 Å². The third-order valence-electron chi connectivity index (χ3n) is 5.21. The van der Waals surface area contributed by atoms with E-state index in [1.54, 1.807) is 18.2 Å². The van der Waals surface area contributed by atoms with Crippen molar-refractivity contribution in [3.63, 3.8) is 0 Å². The van der Waals surface area contributed by atoms with Gasteiger partial charge in [-0.25, -0.2) is 9.29 Å². The molecule has 0 fully saturated rings. The predicted octanol–water partition coefficient (Wildman–Crippen LogP) is 4.15. The van der Waals surface area contributed by atoms with E-state index in [0.29, 0.717) is 17.2 Å². The highest BCUT2D eigenvalue weighted by Crippen LogP contribution is 2.37. The van der Waals surface area contributed by atoms with Gasteiger partial charge in [-0.3, -0.25) is 19.7 Å². The van der Waals surface area contributed by atoms with Crippen LogP contribution in [0.15, 0.2) is 72.4 Å². The fourth-order valence-corrected chi connectivity index (χ4v) is 3.56. The number of carbonyl (C=O) groups is 2. The molecule has 1 aliphatic rings. The minimum Gasteiger partial charge on any atom is -0.497 e. The summed E-state index contributed by atoms with van der Waals surface area (Å²) in [5, 5.41) is 14.0. The van der Waals surface area contributed by atoms with Gasteiger partial charge in [-0.05, 0) is 42.0 Å². The fraction of sp³-hybridized carbons (Fsp3) is 0.0833. The van der Waals surface area contributed by atoms with Crippen LogP contribution in [0.25, 0.3) is 5.57 Å². The minimum atomic E-state index is -0.798. The van der Waals surface area contributed by atoms with Crippen molar-refractivity contribution in [2.24, 2.45) is 0 Å². The van der Waals surface area contributed by atoms with Crippen molar-refractivity contribution in [1.82, 2.24) is 0 Å². The van der Waals surface area contributed by atoms with E-state index in [9.17, 15) is 24.1 Å². The van der Waals surface area contributed by atoms with Gasteiger partial charge in [0.05, 0.1) is 36.1 Å². The lowest BCUT2D eigenvalue weighted by molar-refractivity contribution is -0.384. The van der Waals surface area contributed by atoms with Crippen molar-refractivity contribution in [2.75, 3.05) is 24.4 Å². The van der Waals surface area contributed by atoms with Gasteiger partial charge in [0.1, 0.15) is 23.0 Å². The Hall–Kier alpha value is -4.73. The first-order valence-corrected chi connectivity index (χ1v) is 9.97. The Morgan fingerprint density at radius 2 is 1.65 bits per heavy atom. The number of nitrogens with one attached hydrogen (secondary N) is 1. The number of amides is 2. The molecule has 0 radical (unpaired) electrons. The highest BCUT2D eigenvalue weighted by molar-refractivity contribution is 6.46. The van der Waals surface area contributed by atoms with Gasteiger partial charge in [0.15, 0.2) is 0 Å². The van der Waals surface area contributed by atoms with Gasteiger partial charge in [-0.2, -0.15) is 0 Å². The summed E-state index contributed by atoms with van der Waals surface area (Å²) in [6.45, 7) is 0. The molecule has 3 aromatic carbocycles. The number of imide groups is 1. The van der Waals surface area contributed by atoms with Gasteiger partial charge >= 0.3 is 0 Å². The van der Waals surface area contributed by atoms with Crippen LogP contribution in [-0.4, -0.2) is 31.0 Å². The molecule has 2 amide bonds. The number of hydrogen-bond donors (Lipinski definition) is 1. The van der Waals surface area contributed by atoms with E-state index in [1.165, 1.54) is 56.7 Å². The zero-order chi connectivity index (χ0) is 24.4. The van der Waals surface area contributed by atoms with Crippen molar-refractivity contribution >= 4 is 34.4 Å². The number of nitrogens with zero attached hydrogens (tertiary/aromatic N) is 2. The predicted molar refractivity (Wildman–Crippen MR) is 122 cm³/mol. The van der Waals surface area contributed by atoms with Gasteiger partial charge < -0.3 is 14.8 Å². The molecule has 0 spiro atoms. The summed E-state index contributed by atoms with van der Waals surface area (Å²) in [7, 11) is 2.91. The lowest BCUT2D eigenvalue weighted by Gasteiger charge is -2.16. The van der Waals surface area contributed by atoms with Crippen molar-refractivity contribution < 1.29 is 28.4 Å². The molecule has 0 saturated carbocycles. The Labute approximate surface area is 193 Å². The number of rotatable bonds is 7. The van der Waals surface area contributed by atoms with Crippen molar-refractivity contribution in [3.05, 3.63) is 93.9 Å². The summed E-state index contributed by atoms with van der Waals surface area (Å²) < 4.78 is 25.1. The number of non-ortho nitro benzene ring substituents is 1. The van der Waals surface area contributed by atoms with Gasteiger partial charge in [-0.1, -0.05) is 12.1 Å². The summed E-state index contributed by atoms with van der Waals surface area (Å²) >= 11 is 0. The van der Waals surface area contributed by atoms with Crippen molar-refractivity contribution in [2.45, 2.75) is 0 Å². The average Bonchev–Trinajstić information content (AvgIpc) is 3.08. The second-order valence-electron chi connectivity index (χ2n) is 7.14. The standard InChI is InChI=1S/C24H18FN3O6/c1-33-16-11-12-20(34-2)18(13-16)26-22-21(14-7-9-15(10-8-14)28(31)32)23(29)27(24(22)30)19-6-4-3-5-17(19)25/h3-13,26H,1-2H3. The molecule has 172 valence electrons. The Morgan fingerprint density at radius 1 is 0.941 bits per heavy atom. The van der Waals surface area contributed by atoms with Crippen LogP contribution >= 0.6 is 0 Å². The van der Waals surface area contributed by atoms with Crippen LogP contribution in [0.5, 0.6) is 11.5 Å². The summed E-state index contributed by atoms with van der Waals surface area (Å²) in [5.74, 6) is -1.52. The van der Waals surface area contributed by atoms with Crippen molar-refractivity contribution in [1.29, 1.82) is 0 Å². The molecule has 0 aromatic heterocycles. The number of carbonyl (C=O) groups excluding carboxylic acids is 2. The third kappa shape index (κ3) is 3.92. The molecule has 4 rings (SSSR count). The molecule has 10 heteroatoms. The molecular weight excluding hydrogens is 445 g/mol. The van der Waals surface area contributed by atoms with Crippen LogP contribution in [0.4, 0.5) is 21.5 Å². The first-order valence-electron chi connectivity index (χ1n) is 9.97. The van der Waals surface area contributed by atoms with Crippen LogP contribution in [0.2, 0.25) is 0 Å². The maximum absolute atomic E-state index is 14.5. The molecule has 34 heavy (non-hydrogen) atoms. The monoisotopic (exact) mass is 463 g/mol. The number of ether oxygens (including phenoxy) is 2. The average molecular weight is 463 g/mol. The fourth-order valence-electron chi connectivity index (χ4n) is 3.56. The molecule has 0 unspecified atom stereocenters. The third-order valence-corrected chi connectivity index (χ3v) is 5.21. The summed E-state index contributed by atoms with van der Waals surface area (Å²) in [6.07, 6.45) is 0. The molecule has 3 aromatic rings. The lowest BCUT2D eigenvalue weighted by atomic mass is 10.0. The number of nitro benzene ring substituents is 1. The molecule has 0 saturated heterocycles. The van der Waals surface area contributed by atoms with Gasteiger partial charge in [0.25, 0.3) is 17.5 Å². The normalized spacial score (nSPS) is 13.3. The number of halogens is 1. The number of methoxy groups -OCH3 is 2. The van der Waals surface area contributed by atoms with E-state index in [1.807, 2.05) is 0 Å². The quantitative estimate of drug-likeness (QED) is 0.318. The SMILES string of the molecule is COc1ccc(OC)c(NC2=C(c3ccc([N+](=O)[O-])cc3)C(=O)N(c3ccccc3F)C2=O)c1. The van der Waals surface area contributed by atoms with Crippen LogP contribution in [0, 0.1) is 15.9 Å². The number of benzene rings is 3. The Morgan fingerprint density at radius 3 is 2.26 bits per heavy atom. The number of anilines is 2. The lowest BCUT2D eigenvalue weighted by Crippen LogP contribution is -2.33. The summed E-state index contributed by atoms with van der Waals surface area (Å²) in [5.41, 5.74) is -0.0518. The van der Waals surface area contributed by atoms with Crippen LogP contribution in [-0.2, 0) is 9.59 Å². The number of nitro groups is 1. The topological polar surface area (TPSA) is 111 Å². The van der Waals surface area contributed by atoms with E-state index in [4.69, 9.17) is 9.47 Å². The molecule has 1 N–H and O–H groups in total. The highest BCUT2D eigenvalue weighted by atomic mass is 19.1. The molecule has 0 bridgehead atoms. The van der Waals surface area contributed by atoms with Gasteiger partial charge in [-0.15, -0.1) is 0 Å². The minimum absolute atomic E-state index is 0.0759. The van der Waals surface area contributed by atoms with E-state index in [2.05, 4.69) is 5.32 Å². The number of hydrogen-bond acceptors (Lipinski definition) is 7. The van der Waals surface area contributed by atoms with E-state index < -0.39 is 22.6 Å². The Balaban J connectivity index is 1.87. The molecule has 1 aliphatic heterocycles. The second kappa shape index (κ2) is 9.02. The van der Waals surface area contributed by atoms with E-state index in [0.717, 1.165) is 11.0 Å². The zero-order valence-corrected chi connectivity index (χ0v) is 18.1. The zero-order valence-electron chi connectivity index (χ0n) is 18.1. The maximum atomic E-state index is 14.5. The van der Waals surface area contributed by atoms with E-state index in [-0.39, 0.29) is 28.2 Å². The summed E-state index contributed by atoms with van der Waals surface area (Å²) in [4.78, 5) is 38.0. The molecule has 0 aliphatic carbocycles. The molecular formula is C24H18FN3O6. The molecule has 0 atom stereocenters. The van der Waals surface area contributed by atoms with Crippen molar-refractivity contribution in [3.8, 4) is 11.5 Å². The Kier molecular flexibility index (Phi) is 5.96. The van der Waals surface area contributed by atoms with Crippen LogP contribution in [0.1, 0.15) is 5.56 Å². The number of para-hydroxylation sites is 1. The first-order chi connectivity index (χ1) is 16.3. The maximum Gasteiger partial charge on any atom is 0.282 e.